The van der Waals surface area contributed by atoms with Crippen LogP contribution in [0.5, 0.6) is 0 Å². The van der Waals surface area contributed by atoms with Crippen molar-refractivity contribution in [2.75, 3.05) is 26.2 Å². The summed E-state index contributed by atoms with van der Waals surface area (Å²) in [5.41, 5.74) is 4.21. The van der Waals surface area contributed by atoms with E-state index in [-0.39, 0.29) is 0 Å². The topological polar surface area (TPSA) is 15.3 Å². The molecule has 1 saturated heterocycles. The molecule has 2 nitrogen and oxygen atoms in total. The van der Waals surface area contributed by atoms with Gasteiger partial charge in [-0.05, 0) is 31.4 Å². The largest absolute Gasteiger partial charge is 0.314 e. The summed E-state index contributed by atoms with van der Waals surface area (Å²) in [6.45, 7) is 12.8. The molecule has 1 N–H and O–H groups in total. The molecule has 98 valence electrons. The minimum Gasteiger partial charge on any atom is -0.314 e. The highest BCUT2D eigenvalue weighted by Crippen LogP contribution is 2.28. The van der Waals surface area contributed by atoms with Crippen LogP contribution in [0, 0.1) is 13.8 Å². The predicted molar refractivity (Wildman–Crippen MR) is 77.9 cm³/mol. The van der Waals surface area contributed by atoms with Gasteiger partial charge in [0.25, 0.3) is 0 Å². The standard InChI is InChI=1S/C16H24N2/c1-4-5-16(18-10-8-17-9-11-18)15-12-13(2)6-7-14(15)3/h4,6-7,12,16-17H,1,5,8-11H2,2-3H3/t16-/m1/s1. The lowest BCUT2D eigenvalue weighted by Crippen LogP contribution is -2.45. The van der Waals surface area contributed by atoms with E-state index in [0.717, 1.165) is 32.6 Å². The molecule has 1 heterocycles. The van der Waals surface area contributed by atoms with Crippen molar-refractivity contribution in [1.29, 1.82) is 0 Å². The molecule has 0 saturated carbocycles. The Morgan fingerprint density at radius 3 is 2.72 bits per heavy atom. The second-order valence-corrected chi connectivity index (χ2v) is 5.19. The predicted octanol–water partition coefficient (Wildman–Crippen LogP) is 2.83. The van der Waals surface area contributed by atoms with E-state index in [1.165, 1.54) is 16.7 Å². The molecule has 0 unspecified atom stereocenters. The molecule has 0 aromatic heterocycles. The van der Waals surface area contributed by atoms with Crippen LogP contribution in [0.25, 0.3) is 0 Å². The van der Waals surface area contributed by atoms with E-state index in [4.69, 9.17) is 0 Å². The molecular weight excluding hydrogens is 220 g/mol. The lowest BCUT2D eigenvalue weighted by atomic mass is 9.95. The van der Waals surface area contributed by atoms with Gasteiger partial charge in [-0.1, -0.05) is 29.8 Å². The number of piperazine rings is 1. The first-order valence-electron chi connectivity index (χ1n) is 6.85. The Hall–Kier alpha value is -1.12. The fourth-order valence-electron chi connectivity index (χ4n) is 2.74. The molecule has 1 aliphatic heterocycles. The van der Waals surface area contributed by atoms with Crippen molar-refractivity contribution in [2.24, 2.45) is 0 Å². The van der Waals surface area contributed by atoms with Gasteiger partial charge >= 0.3 is 0 Å². The van der Waals surface area contributed by atoms with Gasteiger partial charge in [-0.25, -0.2) is 0 Å². The average molecular weight is 244 g/mol. The van der Waals surface area contributed by atoms with Crippen LogP contribution in [0.3, 0.4) is 0 Å². The zero-order valence-electron chi connectivity index (χ0n) is 11.6. The summed E-state index contributed by atoms with van der Waals surface area (Å²) in [4.78, 5) is 2.58. The van der Waals surface area contributed by atoms with Crippen molar-refractivity contribution in [3.05, 3.63) is 47.5 Å². The Balaban J connectivity index is 2.27. The zero-order chi connectivity index (χ0) is 13.0. The molecule has 0 radical (unpaired) electrons. The number of benzene rings is 1. The van der Waals surface area contributed by atoms with E-state index >= 15 is 0 Å². The first kappa shape index (κ1) is 13.3. The summed E-state index contributed by atoms with van der Waals surface area (Å²) in [6.07, 6.45) is 3.08. The van der Waals surface area contributed by atoms with Crippen molar-refractivity contribution in [3.8, 4) is 0 Å². The number of hydrogen-bond donors (Lipinski definition) is 1. The minimum absolute atomic E-state index is 0.490. The third-order valence-electron chi connectivity index (χ3n) is 3.78. The number of rotatable bonds is 4. The molecule has 1 aromatic rings. The van der Waals surface area contributed by atoms with Gasteiger partial charge in [0, 0.05) is 32.2 Å². The highest BCUT2D eigenvalue weighted by molar-refractivity contribution is 5.33. The van der Waals surface area contributed by atoms with Gasteiger partial charge < -0.3 is 5.32 Å². The maximum Gasteiger partial charge on any atom is 0.0386 e. The highest BCUT2D eigenvalue weighted by atomic mass is 15.2. The van der Waals surface area contributed by atoms with Crippen molar-refractivity contribution in [1.82, 2.24) is 10.2 Å². The summed E-state index contributed by atoms with van der Waals surface area (Å²) in [5.74, 6) is 0. The third kappa shape index (κ3) is 3.01. The van der Waals surface area contributed by atoms with Crippen LogP contribution >= 0.6 is 0 Å². The van der Waals surface area contributed by atoms with Crippen LogP contribution in [0.1, 0.15) is 29.2 Å². The van der Waals surface area contributed by atoms with E-state index in [0.29, 0.717) is 6.04 Å². The summed E-state index contributed by atoms with van der Waals surface area (Å²) in [6, 6.07) is 7.26. The van der Waals surface area contributed by atoms with Crippen LogP contribution in [0.15, 0.2) is 30.9 Å². The van der Waals surface area contributed by atoms with E-state index in [9.17, 15) is 0 Å². The average Bonchev–Trinajstić information content (AvgIpc) is 2.40. The monoisotopic (exact) mass is 244 g/mol. The van der Waals surface area contributed by atoms with Crippen molar-refractivity contribution < 1.29 is 0 Å². The van der Waals surface area contributed by atoms with Crippen molar-refractivity contribution in [3.63, 3.8) is 0 Å². The molecule has 0 spiro atoms. The molecular formula is C16H24N2. The Morgan fingerprint density at radius 1 is 1.33 bits per heavy atom. The molecule has 0 amide bonds. The number of hydrogen-bond acceptors (Lipinski definition) is 2. The van der Waals surface area contributed by atoms with Crippen LogP contribution in [0.4, 0.5) is 0 Å². The van der Waals surface area contributed by atoms with Gasteiger partial charge in [-0.15, -0.1) is 6.58 Å². The molecule has 1 aliphatic rings. The molecule has 0 aliphatic carbocycles. The number of nitrogens with zero attached hydrogens (tertiary/aromatic N) is 1. The third-order valence-corrected chi connectivity index (χ3v) is 3.78. The van der Waals surface area contributed by atoms with Crippen molar-refractivity contribution in [2.45, 2.75) is 26.3 Å². The molecule has 18 heavy (non-hydrogen) atoms. The first-order valence-corrected chi connectivity index (χ1v) is 6.85. The normalized spacial score (nSPS) is 18.6. The minimum atomic E-state index is 0.490. The lowest BCUT2D eigenvalue weighted by molar-refractivity contribution is 0.174. The highest BCUT2D eigenvalue weighted by Gasteiger charge is 2.22. The van der Waals surface area contributed by atoms with Gasteiger partial charge in [-0.2, -0.15) is 0 Å². The molecule has 1 fully saturated rings. The van der Waals surface area contributed by atoms with Crippen LogP contribution in [-0.4, -0.2) is 31.1 Å². The van der Waals surface area contributed by atoms with Gasteiger partial charge in [0.2, 0.25) is 0 Å². The smallest absolute Gasteiger partial charge is 0.0386 e. The zero-order valence-corrected chi connectivity index (χ0v) is 11.6. The van der Waals surface area contributed by atoms with E-state index < -0.39 is 0 Å². The fourth-order valence-corrected chi connectivity index (χ4v) is 2.74. The Bertz CT molecular complexity index is 406. The SMILES string of the molecule is C=CC[C@H](c1cc(C)ccc1C)N1CCNCC1. The quantitative estimate of drug-likeness (QED) is 0.819. The number of nitrogens with one attached hydrogen (secondary N) is 1. The fraction of sp³-hybridized carbons (Fsp3) is 0.500. The molecule has 0 bridgehead atoms. The second kappa shape index (κ2) is 6.17. The van der Waals surface area contributed by atoms with E-state index in [1.54, 1.807) is 0 Å². The van der Waals surface area contributed by atoms with E-state index in [1.807, 2.05) is 0 Å². The number of aryl methyl sites for hydroxylation is 2. The maximum absolute atomic E-state index is 3.93. The Kier molecular flexibility index (Phi) is 4.56. The Morgan fingerprint density at radius 2 is 2.06 bits per heavy atom. The van der Waals surface area contributed by atoms with Crippen LogP contribution in [-0.2, 0) is 0 Å². The second-order valence-electron chi connectivity index (χ2n) is 5.19. The summed E-state index contributed by atoms with van der Waals surface area (Å²) >= 11 is 0. The van der Waals surface area contributed by atoms with Crippen LogP contribution < -0.4 is 5.32 Å². The Labute approximate surface area is 111 Å². The van der Waals surface area contributed by atoms with Crippen LogP contribution in [0.2, 0.25) is 0 Å². The molecule has 2 heteroatoms. The molecule has 2 rings (SSSR count). The molecule has 1 aromatic carbocycles. The van der Waals surface area contributed by atoms with Gasteiger partial charge in [0.15, 0.2) is 0 Å². The van der Waals surface area contributed by atoms with Gasteiger partial charge in [0.1, 0.15) is 0 Å². The van der Waals surface area contributed by atoms with E-state index in [2.05, 4.69) is 54.9 Å². The first-order chi connectivity index (χ1) is 8.72. The van der Waals surface area contributed by atoms with Gasteiger partial charge in [-0.3, -0.25) is 4.90 Å². The summed E-state index contributed by atoms with van der Waals surface area (Å²) in [5, 5.41) is 3.42. The maximum atomic E-state index is 3.93. The van der Waals surface area contributed by atoms with Gasteiger partial charge in [0.05, 0.1) is 0 Å². The summed E-state index contributed by atoms with van der Waals surface area (Å²) < 4.78 is 0. The summed E-state index contributed by atoms with van der Waals surface area (Å²) in [7, 11) is 0. The molecule has 1 atom stereocenters. The lowest BCUT2D eigenvalue weighted by Gasteiger charge is -2.35. The van der Waals surface area contributed by atoms with Crippen molar-refractivity contribution >= 4 is 0 Å².